The summed E-state index contributed by atoms with van der Waals surface area (Å²) in [6.45, 7) is 0. The van der Waals surface area contributed by atoms with Crippen molar-refractivity contribution in [2.45, 2.75) is 12.8 Å². The molecule has 8 heteroatoms. The quantitative estimate of drug-likeness (QED) is 0.551. The first-order chi connectivity index (χ1) is 13.4. The highest BCUT2D eigenvalue weighted by atomic mass is 35.5. The van der Waals surface area contributed by atoms with Crippen molar-refractivity contribution in [1.29, 1.82) is 0 Å². The van der Waals surface area contributed by atoms with Crippen LogP contribution < -0.4 is 5.32 Å². The third-order valence-electron chi connectivity index (χ3n) is 4.66. The van der Waals surface area contributed by atoms with Gasteiger partial charge >= 0.3 is 11.9 Å². The third kappa shape index (κ3) is 4.10. The van der Waals surface area contributed by atoms with E-state index in [4.69, 9.17) is 16.3 Å². The molecule has 0 bridgehead atoms. The number of ether oxygens (including phenoxy) is 1. The molecule has 28 heavy (non-hydrogen) atoms. The molecule has 0 saturated heterocycles. The molecule has 146 valence electrons. The van der Waals surface area contributed by atoms with Crippen LogP contribution in [0, 0.1) is 11.8 Å². The Balaban J connectivity index is 1.92. The fourth-order valence-corrected chi connectivity index (χ4v) is 4.26. The van der Waals surface area contributed by atoms with Gasteiger partial charge in [-0.3, -0.25) is 9.59 Å². The van der Waals surface area contributed by atoms with Gasteiger partial charge in [-0.2, -0.15) is 0 Å². The SMILES string of the molecule is COC(=O)c1c(-c2ccc(Cl)cc2)csc1NC(=O)[C@H]1CC=CC[C@H]1C(=O)O. The summed E-state index contributed by atoms with van der Waals surface area (Å²) < 4.78 is 4.89. The predicted octanol–water partition coefficient (Wildman–Crippen LogP) is 4.46. The van der Waals surface area contributed by atoms with Crippen molar-refractivity contribution in [3.63, 3.8) is 0 Å². The van der Waals surface area contributed by atoms with Gasteiger partial charge in [-0.25, -0.2) is 4.79 Å². The van der Waals surface area contributed by atoms with Gasteiger partial charge in [0, 0.05) is 16.0 Å². The largest absolute Gasteiger partial charge is 0.481 e. The molecule has 0 fully saturated rings. The van der Waals surface area contributed by atoms with Crippen molar-refractivity contribution in [1.82, 2.24) is 0 Å². The molecule has 1 aliphatic carbocycles. The van der Waals surface area contributed by atoms with Gasteiger partial charge in [0.15, 0.2) is 0 Å². The molecule has 1 aromatic carbocycles. The van der Waals surface area contributed by atoms with Gasteiger partial charge in [-0.15, -0.1) is 11.3 Å². The molecule has 1 amide bonds. The number of carboxylic acid groups (broad SMARTS) is 1. The van der Waals surface area contributed by atoms with Crippen LogP contribution in [0.5, 0.6) is 0 Å². The number of carbonyl (C=O) groups is 3. The summed E-state index contributed by atoms with van der Waals surface area (Å²) in [5.74, 6) is -3.51. The van der Waals surface area contributed by atoms with Crippen molar-refractivity contribution in [3.8, 4) is 11.1 Å². The van der Waals surface area contributed by atoms with Gasteiger partial charge in [0.05, 0.1) is 18.9 Å². The minimum atomic E-state index is -1.01. The molecule has 3 rings (SSSR count). The molecule has 2 atom stereocenters. The van der Waals surface area contributed by atoms with Crippen LogP contribution in [0.15, 0.2) is 41.8 Å². The van der Waals surface area contributed by atoms with Crippen molar-refractivity contribution in [2.24, 2.45) is 11.8 Å². The Morgan fingerprint density at radius 1 is 1.14 bits per heavy atom. The molecule has 2 N–H and O–H groups in total. The summed E-state index contributed by atoms with van der Waals surface area (Å²) in [5, 5.41) is 14.8. The van der Waals surface area contributed by atoms with Gasteiger partial charge < -0.3 is 15.2 Å². The maximum Gasteiger partial charge on any atom is 0.341 e. The van der Waals surface area contributed by atoms with Gasteiger partial charge in [0.25, 0.3) is 0 Å². The van der Waals surface area contributed by atoms with Crippen LogP contribution in [0.2, 0.25) is 5.02 Å². The normalized spacial score (nSPS) is 18.5. The maximum absolute atomic E-state index is 12.8. The summed E-state index contributed by atoms with van der Waals surface area (Å²) in [5.41, 5.74) is 1.61. The van der Waals surface area contributed by atoms with Crippen molar-refractivity contribution < 1.29 is 24.2 Å². The number of benzene rings is 1. The van der Waals surface area contributed by atoms with E-state index < -0.39 is 29.7 Å². The molecule has 1 aliphatic rings. The Morgan fingerprint density at radius 2 is 1.79 bits per heavy atom. The van der Waals surface area contributed by atoms with E-state index in [1.807, 2.05) is 0 Å². The molecule has 6 nitrogen and oxygen atoms in total. The molecule has 1 aromatic heterocycles. The Bertz CT molecular complexity index is 935. The summed E-state index contributed by atoms with van der Waals surface area (Å²) in [4.78, 5) is 36.6. The number of amides is 1. The standard InChI is InChI=1S/C20H18ClNO5S/c1-27-20(26)16-15(11-6-8-12(21)9-7-11)10-28-18(16)22-17(23)13-4-2-3-5-14(13)19(24)25/h2-3,6-10,13-14H,4-5H2,1H3,(H,22,23)(H,24,25)/t13-,14+/m0/s1. The zero-order valence-corrected chi connectivity index (χ0v) is 16.5. The number of hydrogen-bond donors (Lipinski definition) is 2. The first-order valence-corrected chi connectivity index (χ1v) is 9.82. The van der Waals surface area contributed by atoms with Crippen molar-refractivity contribution in [3.05, 3.63) is 52.4 Å². The summed E-state index contributed by atoms with van der Waals surface area (Å²) >= 11 is 7.12. The lowest BCUT2D eigenvalue weighted by molar-refractivity contribution is -0.146. The van der Waals surface area contributed by atoms with E-state index in [1.54, 1.807) is 41.8 Å². The molecular formula is C20H18ClNO5S. The van der Waals surface area contributed by atoms with Crippen LogP contribution in [-0.4, -0.2) is 30.1 Å². The topological polar surface area (TPSA) is 92.7 Å². The lowest BCUT2D eigenvalue weighted by Gasteiger charge is -2.24. The van der Waals surface area contributed by atoms with E-state index in [2.05, 4.69) is 5.32 Å². The second kappa shape index (κ2) is 8.58. The van der Waals surface area contributed by atoms with E-state index in [9.17, 15) is 19.5 Å². The van der Waals surface area contributed by atoms with E-state index in [1.165, 1.54) is 18.4 Å². The highest BCUT2D eigenvalue weighted by Crippen LogP contribution is 2.37. The molecule has 0 aliphatic heterocycles. The van der Waals surface area contributed by atoms with E-state index in [0.29, 0.717) is 28.4 Å². The zero-order chi connectivity index (χ0) is 20.3. The minimum absolute atomic E-state index is 0.237. The number of anilines is 1. The fraction of sp³-hybridized carbons (Fsp3) is 0.250. The van der Waals surface area contributed by atoms with Gasteiger partial charge in [-0.1, -0.05) is 35.9 Å². The highest BCUT2D eigenvalue weighted by Gasteiger charge is 2.35. The zero-order valence-electron chi connectivity index (χ0n) is 15.0. The Hall–Kier alpha value is -2.64. The minimum Gasteiger partial charge on any atom is -0.481 e. The number of aliphatic carboxylic acids is 1. The lowest BCUT2D eigenvalue weighted by atomic mass is 9.82. The number of hydrogen-bond acceptors (Lipinski definition) is 5. The van der Waals surface area contributed by atoms with Crippen LogP contribution in [-0.2, 0) is 14.3 Å². The second-order valence-electron chi connectivity index (χ2n) is 6.34. The van der Waals surface area contributed by atoms with Crippen molar-refractivity contribution in [2.75, 3.05) is 12.4 Å². The number of esters is 1. The second-order valence-corrected chi connectivity index (χ2v) is 7.65. The van der Waals surface area contributed by atoms with Gasteiger partial charge in [0.1, 0.15) is 10.6 Å². The van der Waals surface area contributed by atoms with Crippen molar-refractivity contribution >= 4 is 45.8 Å². The van der Waals surface area contributed by atoms with Gasteiger partial charge in [0.2, 0.25) is 5.91 Å². The number of thiophene rings is 1. The smallest absolute Gasteiger partial charge is 0.341 e. The number of carbonyl (C=O) groups excluding carboxylic acids is 2. The first-order valence-electron chi connectivity index (χ1n) is 8.56. The van der Waals surface area contributed by atoms with Crippen LogP contribution in [0.1, 0.15) is 23.2 Å². The lowest BCUT2D eigenvalue weighted by Crippen LogP contribution is -2.34. The molecular weight excluding hydrogens is 402 g/mol. The molecule has 1 heterocycles. The van der Waals surface area contributed by atoms with Crippen LogP contribution in [0.25, 0.3) is 11.1 Å². The highest BCUT2D eigenvalue weighted by molar-refractivity contribution is 7.15. The average molecular weight is 420 g/mol. The number of rotatable bonds is 5. The number of carboxylic acids is 1. The summed E-state index contributed by atoms with van der Waals surface area (Å²) in [6, 6.07) is 6.96. The number of nitrogens with one attached hydrogen (secondary N) is 1. The molecule has 0 unspecified atom stereocenters. The Labute approximate surface area is 170 Å². The van der Waals surface area contributed by atoms with Crippen LogP contribution in [0.4, 0.5) is 5.00 Å². The first kappa shape index (κ1) is 20.1. The Morgan fingerprint density at radius 3 is 2.39 bits per heavy atom. The van der Waals surface area contributed by atoms with Crippen LogP contribution in [0.3, 0.4) is 0 Å². The van der Waals surface area contributed by atoms with E-state index in [0.717, 1.165) is 5.56 Å². The van der Waals surface area contributed by atoms with Crippen LogP contribution >= 0.6 is 22.9 Å². The Kier molecular flexibility index (Phi) is 6.16. The number of allylic oxidation sites excluding steroid dienone is 2. The monoisotopic (exact) mass is 419 g/mol. The number of halogens is 1. The molecule has 0 spiro atoms. The maximum atomic E-state index is 12.8. The third-order valence-corrected chi connectivity index (χ3v) is 5.81. The molecule has 0 saturated carbocycles. The fourth-order valence-electron chi connectivity index (χ4n) is 3.18. The summed E-state index contributed by atoms with van der Waals surface area (Å²) in [7, 11) is 1.27. The average Bonchev–Trinajstić information content (AvgIpc) is 3.11. The number of methoxy groups -OCH3 is 1. The molecule has 0 radical (unpaired) electrons. The van der Waals surface area contributed by atoms with Gasteiger partial charge in [-0.05, 0) is 30.5 Å². The van der Waals surface area contributed by atoms with E-state index in [-0.39, 0.29) is 5.56 Å². The predicted molar refractivity (Wildman–Crippen MR) is 108 cm³/mol. The molecule has 2 aromatic rings. The van der Waals surface area contributed by atoms with E-state index >= 15 is 0 Å². The summed E-state index contributed by atoms with van der Waals surface area (Å²) in [6.07, 6.45) is 4.22.